The van der Waals surface area contributed by atoms with Crippen molar-refractivity contribution in [2.24, 2.45) is 0 Å². The molecule has 0 aliphatic heterocycles. The van der Waals surface area contributed by atoms with E-state index < -0.39 is 17.9 Å². The molecule has 0 bridgehead atoms. The predicted molar refractivity (Wildman–Crippen MR) is 71.4 cm³/mol. The molecule has 0 N–H and O–H groups in total. The van der Waals surface area contributed by atoms with Crippen molar-refractivity contribution in [1.82, 2.24) is 0 Å². The van der Waals surface area contributed by atoms with Crippen LogP contribution in [0.3, 0.4) is 0 Å². The van der Waals surface area contributed by atoms with Crippen LogP contribution >= 0.6 is 0 Å². The highest BCUT2D eigenvalue weighted by Crippen LogP contribution is 2.20. The van der Waals surface area contributed by atoms with Gasteiger partial charge in [0.1, 0.15) is 11.9 Å². The van der Waals surface area contributed by atoms with Gasteiger partial charge in [0.25, 0.3) is 0 Å². The first-order chi connectivity index (χ1) is 9.09. The third-order valence-corrected chi connectivity index (χ3v) is 2.96. The molecule has 2 aromatic rings. The highest BCUT2D eigenvalue weighted by atomic mass is 19.1. The Labute approximate surface area is 111 Å². The molecule has 2 rings (SSSR count). The fourth-order valence-electron chi connectivity index (χ4n) is 1.82. The molecular weight excluding hydrogens is 243 g/mol. The number of rotatable bonds is 3. The van der Waals surface area contributed by atoms with Crippen LogP contribution < -0.4 is 0 Å². The van der Waals surface area contributed by atoms with Gasteiger partial charge in [-0.05, 0) is 31.0 Å². The summed E-state index contributed by atoms with van der Waals surface area (Å²) >= 11 is 0. The Morgan fingerprint density at radius 3 is 2.47 bits per heavy atom. The minimum atomic E-state index is -0.641. The van der Waals surface area contributed by atoms with E-state index in [1.54, 1.807) is 26.0 Å². The lowest BCUT2D eigenvalue weighted by molar-refractivity contribution is 0.0332. The fourth-order valence-corrected chi connectivity index (χ4v) is 1.82. The first-order valence-electron chi connectivity index (χ1n) is 6.10. The summed E-state index contributed by atoms with van der Waals surface area (Å²) in [6.07, 6.45) is -0.409. The Kier molecular flexibility index (Phi) is 3.95. The lowest BCUT2D eigenvalue weighted by atomic mass is 10.1. The average molecular weight is 258 g/mol. The summed E-state index contributed by atoms with van der Waals surface area (Å²) in [5, 5.41) is 0. The zero-order chi connectivity index (χ0) is 13.8. The van der Waals surface area contributed by atoms with E-state index in [0.29, 0.717) is 5.56 Å². The van der Waals surface area contributed by atoms with Gasteiger partial charge in [0.2, 0.25) is 0 Å². The molecule has 0 saturated heterocycles. The van der Waals surface area contributed by atoms with Gasteiger partial charge in [0.05, 0.1) is 5.56 Å². The Morgan fingerprint density at radius 1 is 1.11 bits per heavy atom. The van der Waals surface area contributed by atoms with Gasteiger partial charge in [-0.15, -0.1) is 0 Å². The van der Waals surface area contributed by atoms with Crippen molar-refractivity contribution in [2.75, 3.05) is 0 Å². The van der Waals surface area contributed by atoms with E-state index in [1.807, 2.05) is 30.3 Å². The van der Waals surface area contributed by atoms with Crippen LogP contribution in [0.5, 0.6) is 0 Å². The maximum Gasteiger partial charge on any atom is 0.341 e. The van der Waals surface area contributed by atoms with Crippen molar-refractivity contribution in [2.45, 2.75) is 20.0 Å². The molecule has 0 amide bonds. The lowest BCUT2D eigenvalue weighted by Gasteiger charge is -2.14. The summed E-state index contributed by atoms with van der Waals surface area (Å²) < 4.78 is 19.1. The van der Waals surface area contributed by atoms with E-state index in [-0.39, 0.29) is 5.56 Å². The molecular formula is C16H15FO2. The second-order valence-corrected chi connectivity index (χ2v) is 4.39. The van der Waals surface area contributed by atoms with Gasteiger partial charge >= 0.3 is 5.97 Å². The number of halogens is 1. The monoisotopic (exact) mass is 258 g/mol. The van der Waals surface area contributed by atoms with Crippen LogP contribution in [0.15, 0.2) is 48.5 Å². The van der Waals surface area contributed by atoms with Crippen molar-refractivity contribution < 1.29 is 13.9 Å². The molecule has 0 aliphatic carbocycles. The number of hydrogen-bond acceptors (Lipinski definition) is 2. The minimum Gasteiger partial charge on any atom is -0.454 e. The largest absolute Gasteiger partial charge is 0.454 e. The van der Waals surface area contributed by atoms with Gasteiger partial charge in [-0.2, -0.15) is 0 Å². The van der Waals surface area contributed by atoms with Crippen LogP contribution in [0.1, 0.15) is 34.5 Å². The van der Waals surface area contributed by atoms with Crippen LogP contribution in [0.25, 0.3) is 0 Å². The van der Waals surface area contributed by atoms with Gasteiger partial charge in [-0.25, -0.2) is 9.18 Å². The normalized spacial score (nSPS) is 11.9. The number of hydrogen-bond donors (Lipinski definition) is 0. The van der Waals surface area contributed by atoms with Gasteiger partial charge in [-0.3, -0.25) is 0 Å². The van der Waals surface area contributed by atoms with Gasteiger partial charge in [0.15, 0.2) is 0 Å². The first kappa shape index (κ1) is 13.3. The standard InChI is InChI=1S/C16H15FO2/c1-11-7-6-10-14(15(11)17)16(18)19-12(2)13-8-4-3-5-9-13/h3-10,12H,1-2H3. The molecule has 2 aromatic carbocycles. The van der Waals surface area contributed by atoms with E-state index >= 15 is 0 Å². The number of aryl methyl sites for hydroxylation is 1. The third-order valence-electron chi connectivity index (χ3n) is 2.96. The van der Waals surface area contributed by atoms with Crippen LogP contribution in [0, 0.1) is 12.7 Å². The molecule has 2 nitrogen and oxygen atoms in total. The quantitative estimate of drug-likeness (QED) is 0.776. The molecule has 0 aromatic heterocycles. The Morgan fingerprint density at radius 2 is 1.79 bits per heavy atom. The molecule has 1 unspecified atom stereocenters. The van der Waals surface area contributed by atoms with Crippen LogP contribution in [-0.2, 0) is 4.74 Å². The Bertz CT molecular complexity index is 579. The maximum absolute atomic E-state index is 13.8. The Balaban J connectivity index is 2.16. The molecule has 0 saturated carbocycles. The van der Waals surface area contributed by atoms with Gasteiger partial charge in [0, 0.05) is 0 Å². The highest BCUT2D eigenvalue weighted by molar-refractivity contribution is 5.90. The van der Waals surface area contributed by atoms with Crippen LogP contribution in [-0.4, -0.2) is 5.97 Å². The molecule has 19 heavy (non-hydrogen) atoms. The number of esters is 1. The van der Waals surface area contributed by atoms with E-state index in [9.17, 15) is 9.18 Å². The number of ether oxygens (including phenoxy) is 1. The summed E-state index contributed by atoms with van der Waals surface area (Å²) in [7, 11) is 0. The maximum atomic E-state index is 13.8. The number of carbonyl (C=O) groups is 1. The molecule has 0 aliphatic rings. The molecule has 98 valence electrons. The minimum absolute atomic E-state index is 0.0252. The first-order valence-corrected chi connectivity index (χ1v) is 6.10. The number of carbonyl (C=O) groups excluding carboxylic acids is 1. The Hall–Kier alpha value is -2.16. The van der Waals surface area contributed by atoms with Crippen molar-refractivity contribution >= 4 is 5.97 Å². The third kappa shape index (κ3) is 2.99. The molecule has 0 radical (unpaired) electrons. The topological polar surface area (TPSA) is 26.3 Å². The van der Waals surface area contributed by atoms with E-state index in [4.69, 9.17) is 4.74 Å². The molecule has 0 fully saturated rings. The van der Waals surface area contributed by atoms with Crippen LogP contribution in [0.4, 0.5) is 4.39 Å². The number of benzene rings is 2. The zero-order valence-electron chi connectivity index (χ0n) is 10.9. The SMILES string of the molecule is Cc1cccc(C(=O)OC(C)c2ccccc2)c1F. The van der Waals surface area contributed by atoms with Crippen molar-refractivity contribution in [3.8, 4) is 0 Å². The second-order valence-electron chi connectivity index (χ2n) is 4.39. The summed E-state index contributed by atoms with van der Waals surface area (Å²) in [5.41, 5.74) is 1.29. The van der Waals surface area contributed by atoms with E-state index in [2.05, 4.69) is 0 Å². The summed E-state index contributed by atoms with van der Waals surface area (Å²) in [6.45, 7) is 3.38. The predicted octanol–water partition coefficient (Wildman–Crippen LogP) is 4.05. The highest BCUT2D eigenvalue weighted by Gasteiger charge is 2.17. The molecule has 3 heteroatoms. The fraction of sp³-hybridized carbons (Fsp3) is 0.188. The smallest absolute Gasteiger partial charge is 0.341 e. The molecule has 0 heterocycles. The summed E-state index contributed by atoms with van der Waals surface area (Å²) in [6, 6.07) is 14.0. The molecule has 0 spiro atoms. The van der Waals surface area contributed by atoms with Gasteiger partial charge in [-0.1, -0.05) is 42.5 Å². The second kappa shape index (κ2) is 5.65. The van der Waals surface area contributed by atoms with Crippen molar-refractivity contribution in [3.63, 3.8) is 0 Å². The van der Waals surface area contributed by atoms with Gasteiger partial charge < -0.3 is 4.74 Å². The van der Waals surface area contributed by atoms with E-state index in [0.717, 1.165) is 5.56 Å². The lowest BCUT2D eigenvalue weighted by Crippen LogP contribution is -2.11. The zero-order valence-corrected chi connectivity index (χ0v) is 10.9. The van der Waals surface area contributed by atoms with Crippen molar-refractivity contribution in [3.05, 3.63) is 71.0 Å². The average Bonchev–Trinajstić information content (AvgIpc) is 2.42. The molecule has 1 atom stereocenters. The summed E-state index contributed by atoms with van der Waals surface area (Å²) in [4.78, 5) is 11.9. The van der Waals surface area contributed by atoms with E-state index in [1.165, 1.54) is 6.07 Å². The van der Waals surface area contributed by atoms with Crippen LogP contribution in [0.2, 0.25) is 0 Å². The summed E-state index contributed by atoms with van der Waals surface area (Å²) in [5.74, 6) is -1.16. The van der Waals surface area contributed by atoms with Crippen molar-refractivity contribution in [1.29, 1.82) is 0 Å².